The van der Waals surface area contributed by atoms with Gasteiger partial charge >= 0.3 is 0 Å². The van der Waals surface area contributed by atoms with E-state index in [1.165, 1.54) is 104 Å². The largest absolute Gasteiger partial charge is 0.0622 e. The second-order valence-corrected chi connectivity index (χ2v) is 13.9. The lowest BCUT2D eigenvalue weighted by Crippen LogP contribution is -2.12. The lowest BCUT2D eigenvalue weighted by atomic mass is 9.75. The molecule has 50 heavy (non-hydrogen) atoms. The van der Waals surface area contributed by atoms with E-state index in [9.17, 15) is 0 Å². The maximum atomic E-state index is 2.47. The number of rotatable bonds is 3. The Labute approximate surface area is 291 Å². The van der Waals surface area contributed by atoms with Crippen LogP contribution in [0, 0.1) is 0 Å². The van der Waals surface area contributed by atoms with Crippen molar-refractivity contribution in [3.05, 3.63) is 193 Å². The van der Waals surface area contributed by atoms with E-state index in [0.29, 0.717) is 5.92 Å². The van der Waals surface area contributed by atoms with Crippen LogP contribution in [-0.4, -0.2) is 0 Å². The molecule has 232 valence electrons. The second-order valence-electron chi connectivity index (χ2n) is 13.9. The molecule has 0 heterocycles. The lowest BCUT2D eigenvalue weighted by Gasteiger charge is -2.29. The number of fused-ring (bicyclic) bond motifs is 5. The molecule has 1 aliphatic carbocycles. The van der Waals surface area contributed by atoms with Crippen LogP contribution in [0.1, 0.15) is 22.6 Å². The van der Waals surface area contributed by atoms with Gasteiger partial charge in [0.05, 0.1) is 0 Å². The topological polar surface area (TPSA) is 0 Å². The van der Waals surface area contributed by atoms with Gasteiger partial charge < -0.3 is 0 Å². The van der Waals surface area contributed by atoms with Gasteiger partial charge in [0.2, 0.25) is 0 Å². The molecule has 0 aliphatic heterocycles. The highest BCUT2D eigenvalue weighted by Gasteiger charge is 2.27. The first-order chi connectivity index (χ1) is 24.8. The second kappa shape index (κ2) is 10.6. The van der Waals surface area contributed by atoms with E-state index in [1.807, 2.05) is 0 Å². The lowest BCUT2D eigenvalue weighted by molar-refractivity contribution is 0.794. The molecule has 0 radical (unpaired) electrons. The van der Waals surface area contributed by atoms with Crippen molar-refractivity contribution in [2.45, 2.75) is 12.3 Å². The van der Waals surface area contributed by atoms with E-state index in [-0.39, 0.29) is 0 Å². The fourth-order valence-electron chi connectivity index (χ4n) is 9.20. The number of hydrogen-bond acceptors (Lipinski definition) is 0. The average molecular weight is 633 g/mol. The van der Waals surface area contributed by atoms with Crippen molar-refractivity contribution in [2.75, 3.05) is 0 Å². The highest BCUT2D eigenvalue weighted by Crippen LogP contribution is 2.49. The molecule has 10 aromatic rings. The summed E-state index contributed by atoms with van der Waals surface area (Å²) < 4.78 is 0. The zero-order valence-corrected chi connectivity index (χ0v) is 27.5. The molecule has 0 saturated heterocycles. The standard InChI is InChI=1S/C50H32/c1-2-11-31(12-3-1)45-29-35-23-24-36(30-46(35)38-16-5-4-15-37(38)45)48-39-17-6-8-19-41(39)50(42-20-9-7-18-40(42)48)44-28-26-34-22-21-32-13-10-14-33-25-27-43(44)49(34)47(32)33/h1-28,30,45H,29H2. The molecule has 11 rings (SSSR count). The maximum Gasteiger partial charge on any atom is 0.0136 e. The van der Waals surface area contributed by atoms with Crippen LogP contribution in [0.25, 0.3) is 87.2 Å². The third kappa shape index (κ3) is 3.94. The third-order valence-electron chi connectivity index (χ3n) is 11.4. The van der Waals surface area contributed by atoms with Crippen molar-refractivity contribution in [2.24, 2.45) is 0 Å². The Balaban J connectivity index is 1.17. The summed E-state index contributed by atoms with van der Waals surface area (Å²) >= 11 is 0. The summed E-state index contributed by atoms with van der Waals surface area (Å²) in [6.45, 7) is 0. The Morgan fingerprint density at radius 1 is 0.360 bits per heavy atom. The molecule has 0 saturated carbocycles. The Morgan fingerprint density at radius 3 is 1.70 bits per heavy atom. The van der Waals surface area contributed by atoms with Crippen molar-refractivity contribution >= 4 is 53.9 Å². The molecule has 0 bridgehead atoms. The molecular weight excluding hydrogens is 601 g/mol. The number of benzene rings is 10. The Bertz CT molecular complexity index is 2870. The van der Waals surface area contributed by atoms with Gasteiger partial charge in [-0.1, -0.05) is 170 Å². The average Bonchev–Trinajstić information content (AvgIpc) is 3.19. The smallest absolute Gasteiger partial charge is 0.0136 e. The minimum absolute atomic E-state index is 0.358. The van der Waals surface area contributed by atoms with Crippen LogP contribution in [0.4, 0.5) is 0 Å². The van der Waals surface area contributed by atoms with Crippen molar-refractivity contribution in [3.63, 3.8) is 0 Å². The van der Waals surface area contributed by atoms with Gasteiger partial charge in [-0.15, -0.1) is 0 Å². The summed E-state index contributed by atoms with van der Waals surface area (Å²) in [6, 6.07) is 65.9. The van der Waals surface area contributed by atoms with Gasteiger partial charge in [0, 0.05) is 5.92 Å². The summed E-state index contributed by atoms with van der Waals surface area (Å²) in [5.74, 6) is 0.358. The third-order valence-corrected chi connectivity index (χ3v) is 11.4. The molecule has 0 N–H and O–H groups in total. The van der Waals surface area contributed by atoms with Gasteiger partial charge in [-0.25, -0.2) is 0 Å². The van der Waals surface area contributed by atoms with Crippen LogP contribution in [-0.2, 0) is 6.42 Å². The van der Waals surface area contributed by atoms with E-state index < -0.39 is 0 Å². The first-order valence-electron chi connectivity index (χ1n) is 17.7. The van der Waals surface area contributed by atoms with Gasteiger partial charge in [-0.05, 0) is 116 Å². The molecule has 0 aromatic heterocycles. The summed E-state index contributed by atoms with van der Waals surface area (Å²) in [5, 5.41) is 13.1. The van der Waals surface area contributed by atoms with E-state index in [2.05, 4.69) is 176 Å². The first kappa shape index (κ1) is 27.7. The van der Waals surface area contributed by atoms with Crippen LogP contribution in [0.3, 0.4) is 0 Å². The maximum absolute atomic E-state index is 2.47. The molecule has 1 aliphatic rings. The Kier molecular flexibility index (Phi) is 5.89. The van der Waals surface area contributed by atoms with Gasteiger partial charge in [-0.3, -0.25) is 0 Å². The Hall–Kier alpha value is -6.24. The quantitative estimate of drug-likeness (QED) is 0.134. The number of hydrogen-bond donors (Lipinski definition) is 0. The Morgan fingerprint density at radius 2 is 0.960 bits per heavy atom. The fraction of sp³-hybridized carbons (Fsp3) is 0.0400. The van der Waals surface area contributed by atoms with Gasteiger partial charge in [0.15, 0.2) is 0 Å². The molecule has 0 fully saturated rings. The van der Waals surface area contributed by atoms with E-state index in [1.54, 1.807) is 0 Å². The summed E-state index contributed by atoms with van der Waals surface area (Å²) in [7, 11) is 0. The van der Waals surface area contributed by atoms with Gasteiger partial charge in [-0.2, -0.15) is 0 Å². The predicted molar refractivity (Wildman–Crippen MR) is 213 cm³/mol. The zero-order valence-electron chi connectivity index (χ0n) is 27.5. The van der Waals surface area contributed by atoms with Crippen LogP contribution in [0.5, 0.6) is 0 Å². The summed E-state index contributed by atoms with van der Waals surface area (Å²) in [4.78, 5) is 0. The minimum Gasteiger partial charge on any atom is -0.0622 e. The van der Waals surface area contributed by atoms with Crippen molar-refractivity contribution in [1.82, 2.24) is 0 Å². The first-order valence-corrected chi connectivity index (χ1v) is 17.7. The van der Waals surface area contributed by atoms with Crippen molar-refractivity contribution < 1.29 is 0 Å². The highest BCUT2D eigenvalue weighted by molar-refractivity contribution is 6.29. The van der Waals surface area contributed by atoms with Gasteiger partial charge in [0.25, 0.3) is 0 Å². The van der Waals surface area contributed by atoms with Crippen LogP contribution in [0.2, 0.25) is 0 Å². The SMILES string of the molecule is c1ccc(C2Cc3ccc(-c4c5ccccc5c(-c5ccc6ccc7cccc8ccc5c6c78)c5ccccc45)cc3-c3ccccc32)cc1. The monoisotopic (exact) mass is 632 g/mol. The summed E-state index contributed by atoms with van der Waals surface area (Å²) in [6.07, 6.45) is 1.01. The predicted octanol–water partition coefficient (Wildman–Crippen LogP) is 13.6. The normalized spacial score (nSPS) is 14.1. The van der Waals surface area contributed by atoms with Crippen LogP contribution in [0.15, 0.2) is 176 Å². The molecule has 0 heteroatoms. The molecular formula is C50H32. The molecule has 0 spiro atoms. The molecule has 10 aromatic carbocycles. The molecule has 1 unspecified atom stereocenters. The summed E-state index contributed by atoms with van der Waals surface area (Å²) in [5.41, 5.74) is 12.1. The van der Waals surface area contributed by atoms with E-state index in [0.717, 1.165) is 6.42 Å². The van der Waals surface area contributed by atoms with E-state index >= 15 is 0 Å². The van der Waals surface area contributed by atoms with Crippen LogP contribution < -0.4 is 0 Å². The minimum atomic E-state index is 0.358. The van der Waals surface area contributed by atoms with Gasteiger partial charge in [0.1, 0.15) is 0 Å². The van der Waals surface area contributed by atoms with Crippen LogP contribution >= 0.6 is 0 Å². The molecule has 0 amide bonds. The fourth-order valence-corrected chi connectivity index (χ4v) is 9.20. The van der Waals surface area contributed by atoms with Crippen molar-refractivity contribution in [3.8, 4) is 33.4 Å². The highest BCUT2D eigenvalue weighted by atomic mass is 14.3. The molecule has 1 atom stereocenters. The van der Waals surface area contributed by atoms with E-state index in [4.69, 9.17) is 0 Å². The van der Waals surface area contributed by atoms with Crippen molar-refractivity contribution in [1.29, 1.82) is 0 Å². The molecule has 0 nitrogen and oxygen atoms in total. The zero-order chi connectivity index (χ0) is 32.8.